The molecule has 0 aliphatic carbocycles. The zero-order valence-electron chi connectivity index (χ0n) is 9.60. The summed E-state index contributed by atoms with van der Waals surface area (Å²) in [7, 11) is 0. The van der Waals surface area contributed by atoms with Crippen LogP contribution in [0.5, 0.6) is 0 Å². The van der Waals surface area contributed by atoms with Crippen molar-refractivity contribution < 1.29 is 9.50 Å². The monoisotopic (exact) mass is 241 g/mol. The second-order valence-electron chi connectivity index (χ2n) is 3.98. The van der Waals surface area contributed by atoms with Crippen LogP contribution < -0.4 is 5.73 Å². The first-order valence-corrected chi connectivity index (χ1v) is 5.38. The minimum atomic E-state index is -1.58. The zero-order valence-corrected chi connectivity index (χ0v) is 9.60. The number of nitrogens with two attached hydrogens (primary N) is 1. The third-order valence-electron chi connectivity index (χ3n) is 2.80. The topological polar surface area (TPSA) is 46.2 Å². The van der Waals surface area contributed by atoms with E-state index in [0.717, 1.165) is 0 Å². The molecule has 0 radical (unpaired) electrons. The van der Waals surface area contributed by atoms with Gasteiger partial charge < -0.3 is 10.8 Å². The molecule has 0 aliphatic rings. The third kappa shape index (κ3) is 2.06. The maximum Gasteiger partial charge on any atom is 0.176 e. The van der Waals surface area contributed by atoms with E-state index in [9.17, 15) is 9.50 Å². The first-order chi connectivity index (χ1) is 8.56. The smallest absolute Gasteiger partial charge is 0.176 e. The molecule has 1 unspecified atom stereocenters. The van der Waals surface area contributed by atoms with Crippen LogP contribution in [0.1, 0.15) is 11.1 Å². The van der Waals surface area contributed by atoms with Crippen molar-refractivity contribution >= 4 is 5.69 Å². The van der Waals surface area contributed by atoms with Crippen molar-refractivity contribution in [2.75, 3.05) is 5.73 Å². The van der Waals surface area contributed by atoms with Crippen LogP contribution in [0.2, 0.25) is 0 Å². The van der Waals surface area contributed by atoms with Crippen LogP contribution in [-0.2, 0) is 5.60 Å². The standard InChI is InChI=1S/C15H12FNO/c1-2-15(18,11-3-7-13(16)8-4-11)12-5-9-14(17)10-6-12/h1,3-10,18H,17H2. The molecule has 18 heavy (non-hydrogen) atoms. The van der Waals surface area contributed by atoms with Crippen molar-refractivity contribution in [1.82, 2.24) is 0 Å². The molecule has 2 aromatic rings. The quantitative estimate of drug-likeness (QED) is 0.626. The minimum Gasteiger partial charge on any atom is -0.399 e. The molecular formula is C15H12FNO. The van der Waals surface area contributed by atoms with E-state index in [0.29, 0.717) is 16.8 Å². The van der Waals surface area contributed by atoms with Crippen molar-refractivity contribution in [3.8, 4) is 12.3 Å². The van der Waals surface area contributed by atoms with Gasteiger partial charge in [0.1, 0.15) is 5.82 Å². The fraction of sp³-hybridized carbons (Fsp3) is 0.0667. The highest BCUT2D eigenvalue weighted by Crippen LogP contribution is 2.29. The van der Waals surface area contributed by atoms with E-state index in [1.165, 1.54) is 24.3 Å². The molecule has 0 bridgehead atoms. The number of nitrogen functional groups attached to an aromatic ring is 1. The van der Waals surface area contributed by atoms with E-state index in [-0.39, 0.29) is 5.82 Å². The number of benzene rings is 2. The predicted molar refractivity (Wildman–Crippen MR) is 69.1 cm³/mol. The Morgan fingerprint density at radius 3 is 1.89 bits per heavy atom. The van der Waals surface area contributed by atoms with Gasteiger partial charge in [0.05, 0.1) is 0 Å². The Morgan fingerprint density at radius 2 is 1.44 bits per heavy atom. The van der Waals surface area contributed by atoms with Crippen LogP contribution in [-0.4, -0.2) is 5.11 Å². The van der Waals surface area contributed by atoms with Crippen molar-refractivity contribution in [3.63, 3.8) is 0 Å². The van der Waals surface area contributed by atoms with Gasteiger partial charge in [-0.15, -0.1) is 6.42 Å². The first kappa shape index (κ1) is 12.2. The van der Waals surface area contributed by atoms with E-state index in [2.05, 4.69) is 5.92 Å². The van der Waals surface area contributed by atoms with Crippen LogP contribution in [0, 0.1) is 18.2 Å². The number of terminal acetylenes is 1. The summed E-state index contributed by atoms with van der Waals surface area (Å²) in [5, 5.41) is 10.5. The number of aliphatic hydroxyl groups is 1. The molecule has 2 aromatic carbocycles. The van der Waals surface area contributed by atoms with Gasteiger partial charge in [0.15, 0.2) is 5.60 Å². The maximum absolute atomic E-state index is 12.9. The molecule has 0 aromatic heterocycles. The highest BCUT2D eigenvalue weighted by atomic mass is 19.1. The minimum absolute atomic E-state index is 0.379. The molecule has 0 spiro atoms. The number of rotatable bonds is 2. The summed E-state index contributed by atoms with van der Waals surface area (Å²) in [5.74, 6) is 1.96. The van der Waals surface area contributed by atoms with E-state index >= 15 is 0 Å². The van der Waals surface area contributed by atoms with E-state index in [1.807, 2.05) is 0 Å². The van der Waals surface area contributed by atoms with E-state index < -0.39 is 5.60 Å². The van der Waals surface area contributed by atoms with Crippen LogP contribution in [0.4, 0.5) is 10.1 Å². The summed E-state index contributed by atoms with van der Waals surface area (Å²) in [6.45, 7) is 0. The SMILES string of the molecule is C#CC(O)(c1ccc(N)cc1)c1ccc(F)cc1. The summed E-state index contributed by atoms with van der Waals surface area (Å²) in [4.78, 5) is 0. The summed E-state index contributed by atoms with van der Waals surface area (Å²) in [6, 6.07) is 12.1. The molecule has 3 N–H and O–H groups in total. The molecule has 0 aliphatic heterocycles. The van der Waals surface area contributed by atoms with Gasteiger partial charge in [-0.2, -0.15) is 0 Å². The number of hydrogen-bond acceptors (Lipinski definition) is 2. The summed E-state index contributed by atoms with van der Waals surface area (Å²) in [5.41, 5.74) is 5.55. The molecule has 90 valence electrons. The normalized spacial score (nSPS) is 13.6. The van der Waals surface area contributed by atoms with Gasteiger partial charge in [0, 0.05) is 16.8 Å². The van der Waals surface area contributed by atoms with Crippen LogP contribution in [0.3, 0.4) is 0 Å². The number of hydrogen-bond donors (Lipinski definition) is 2. The Hall–Kier alpha value is -2.31. The largest absolute Gasteiger partial charge is 0.399 e. The van der Waals surface area contributed by atoms with E-state index in [4.69, 9.17) is 12.2 Å². The van der Waals surface area contributed by atoms with Crippen LogP contribution in [0.15, 0.2) is 48.5 Å². The lowest BCUT2D eigenvalue weighted by Gasteiger charge is -2.23. The highest BCUT2D eigenvalue weighted by molar-refractivity contribution is 5.48. The zero-order chi connectivity index (χ0) is 13.2. The molecule has 1 atom stereocenters. The summed E-state index contributed by atoms with van der Waals surface area (Å²) < 4.78 is 12.9. The van der Waals surface area contributed by atoms with Crippen molar-refractivity contribution in [2.45, 2.75) is 5.60 Å². The van der Waals surface area contributed by atoms with Gasteiger partial charge >= 0.3 is 0 Å². The van der Waals surface area contributed by atoms with Crippen molar-refractivity contribution in [3.05, 3.63) is 65.5 Å². The van der Waals surface area contributed by atoms with E-state index in [1.54, 1.807) is 24.3 Å². The Kier molecular flexibility index (Phi) is 3.05. The molecule has 3 heteroatoms. The number of anilines is 1. The van der Waals surface area contributed by atoms with Crippen LogP contribution in [0.25, 0.3) is 0 Å². The molecule has 0 amide bonds. The lowest BCUT2D eigenvalue weighted by atomic mass is 9.87. The van der Waals surface area contributed by atoms with Gasteiger partial charge in [0.2, 0.25) is 0 Å². The molecule has 2 nitrogen and oxygen atoms in total. The Bertz CT molecular complexity index is 536. The van der Waals surface area contributed by atoms with Gasteiger partial charge in [-0.25, -0.2) is 4.39 Å². The van der Waals surface area contributed by atoms with Gasteiger partial charge in [-0.05, 0) is 24.3 Å². The molecule has 2 rings (SSSR count). The van der Waals surface area contributed by atoms with Crippen molar-refractivity contribution in [1.29, 1.82) is 0 Å². The van der Waals surface area contributed by atoms with Crippen molar-refractivity contribution in [2.24, 2.45) is 0 Å². The fourth-order valence-corrected chi connectivity index (χ4v) is 1.75. The van der Waals surface area contributed by atoms with Crippen LogP contribution >= 0.6 is 0 Å². The third-order valence-corrected chi connectivity index (χ3v) is 2.80. The van der Waals surface area contributed by atoms with Gasteiger partial charge in [-0.3, -0.25) is 0 Å². The molecule has 0 heterocycles. The Morgan fingerprint density at radius 1 is 1.00 bits per heavy atom. The van der Waals surface area contributed by atoms with Gasteiger partial charge in [0.25, 0.3) is 0 Å². The number of halogens is 1. The molecule has 0 saturated carbocycles. The average molecular weight is 241 g/mol. The fourth-order valence-electron chi connectivity index (χ4n) is 1.75. The Labute approximate surface area is 105 Å². The van der Waals surface area contributed by atoms with Gasteiger partial charge in [-0.1, -0.05) is 30.2 Å². The first-order valence-electron chi connectivity index (χ1n) is 5.38. The lowest BCUT2D eigenvalue weighted by Crippen LogP contribution is -2.25. The summed E-state index contributed by atoms with van der Waals surface area (Å²) in [6.07, 6.45) is 5.42. The predicted octanol–water partition coefficient (Wildman–Crippen LogP) is 2.28. The highest BCUT2D eigenvalue weighted by Gasteiger charge is 2.28. The molecule has 0 fully saturated rings. The Balaban J connectivity index is 2.52. The molecular weight excluding hydrogens is 229 g/mol. The molecule has 0 saturated heterocycles. The second-order valence-corrected chi connectivity index (χ2v) is 3.98. The average Bonchev–Trinajstić information content (AvgIpc) is 2.39. The second kappa shape index (κ2) is 4.52. The lowest BCUT2D eigenvalue weighted by molar-refractivity contribution is 0.145. The summed E-state index contributed by atoms with van der Waals surface area (Å²) >= 11 is 0. The maximum atomic E-state index is 12.9.